The number of carbonyl (C=O) groups excluding carboxylic acids is 2. The van der Waals surface area contributed by atoms with Gasteiger partial charge in [-0.15, -0.1) is 0 Å². The van der Waals surface area contributed by atoms with E-state index in [9.17, 15) is 19.7 Å². The molecule has 1 fully saturated rings. The maximum Gasteiger partial charge on any atom is 0.282 e. The standard InChI is InChI=1S/C17H24N4O4/c1-12(2)18-16(22)11-20-9-7-13(8-10-20)19-17(23)14-5-3-4-6-15(14)21(24)25/h3-6,12-13H,7-11H2,1-2H3,(H,18,22)(H,19,23). The lowest BCUT2D eigenvalue weighted by Crippen LogP contribution is -2.48. The highest BCUT2D eigenvalue weighted by Gasteiger charge is 2.25. The maximum atomic E-state index is 12.3. The fraction of sp³-hybridized carbons (Fsp3) is 0.529. The van der Waals surface area contributed by atoms with Gasteiger partial charge in [-0.3, -0.25) is 24.6 Å². The predicted molar refractivity (Wildman–Crippen MR) is 93.3 cm³/mol. The third-order valence-electron chi connectivity index (χ3n) is 4.09. The molecule has 8 nitrogen and oxygen atoms in total. The number of hydrogen-bond donors (Lipinski definition) is 2. The van der Waals surface area contributed by atoms with E-state index in [1.54, 1.807) is 6.07 Å². The van der Waals surface area contributed by atoms with Gasteiger partial charge in [0.2, 0.25) is 5.91 Å². The molecule has 0 bridgehead atoms. The van der Waals surface area contributed by atoms with Gasteiger partial charge in [-0.2, -0.15) is 0 Å². The van der Waals surface area contributed by atoms with Crippen molar-refractivity contribution in [3.8, 4) is 0 Å². The molecule has 8 heteroatoms. The van der Waals surface area contributed by atoms with Crippen molar-refractivity contribution in [2.45, 2.75) is 38.8 Å². The van der Waals surface area contributed by atoms with Crippen LogP contribution in [0.4, 0.5) is 5.69 Å². The summed E-state index contributed by atoms with van der Waals surface area (Å²) in [5, 5.41) is 16.7. The number of nitro groups is 1. The summed E-state index contributed by atoms with van der Waals surface area (Å²) in [6.07, 6.45) is 1.42. The van der Waals surface area contributed by atoms with E-state index in [2.05, 4.69) is 10.6 Å². The zero-order valence-electron chi connectivity index (χ0n) is 14.5. The Morgan fingerprint density at radius 2 is 1.92 bits per heavy atom. The van der Waals surface area contributed by atoms with Gasteiger partial charge in [0.15, 0.2) is 0 Å². The van der Waals surface area contributed by atoms with E-state index in [1.165, 1.54) is 18.2 Å². The Balaban J connectivity index is 1.85. The molecule has 0 aliphatic carbocycles. The van der Waals surface area contributed by atoms with Crippen molar-refractivity contribution in [2.24, 2.45) is 0 Å². The SMILES string of the molecule is CC(C)NC(=O)CN1CCC(NC(=O)c2ccccc2[N+](=O)[O-])CC1. The van der Waals surface area contributed by atoms with Crippen molar-refractivity contribution in [1.29, 1.82) is 0 Å². The van der Waals surface area contributed by atoms with E-state index in [0.717, 1.165) is 0 Å². The first-order valence-electron chi connectivity index (χ1n) is 8.43. The number of nitro benzene ring substituents is 1. The highest BCUT2D eigenvalue weighted by atomic mass is 16.6. The molecule has 0 unspecified atom stereocenters. The van der Waals surface area contributed by atoms with Crippen LogP contribution in [0.25, 0.3) is 0 Å². The van der Waals surface area contributed by atoms with Crippen molar-refractivity contribution >= 4 is 17.5 Å². The maximum absolute atomic E-state index is 12.3. The second-order valence-corrected chi connectivity index (χ2v) is 6.52. The van der Waals surface area contributed by atoms with E-state index in [0.29, 0.717) is 32.5 Å². The summed E-state index contributed by atoms with van der Waals surface area (Å²) in [7, 11) is 0. The van der Waals surface area contributed by atoms with Gasteiger partial charge in [0.25, 0.3) is 11.6 Å². The van der Waals surface area contributed by atoms with Crippen LogP contribution in [0, 0.1) is 10.1 Å². The summed E-state index contributed by atoms with van der Waals surface area (Å²) in [4.78, 5) is 36.6. The van der Waals surface area contributed by atoms with Gasteiger partial charge in [0.1, 0.15) is 5.56 Å². The number of para-hydroxylation sites is 1. The monoisotopic (exact) mass is 348 g/mol. The largest absolute Gasteiger partial charge is 0.353 e. The minimum absolute atomic E-state index is 0.00241. The molecule has 0 radical (unpaired) electrons. The number of nitrogens with zero attached hydrogens (tertiary/aromatic N) is 2. The van der Waals surface area contributed by atoms with Crippen molar-refractivity contribution < 1.29 is 14.5 Å². The summed E-state index contributed by atoms with van der Waals surface area (Å²) in [6.45, 7) is 5.59. The minimum atomic E-state index is -0.551. The van der Waals surface area contributed by atoms with Crippen LogP contribution in [-0.2, 0) is 4.79 Å². The molecule has 1 heterocycles. The van der Waals surface area contributed by atoms with Gasteiger partial charge in [-0.1, -0.05) is 12.1 Å². The summed E-state index contributed by atoms with van der Waals surface area (Å²) in [5.41, 5.74) is -0.117. The highest BCUT2D eigenvalue weighted by Crippen LogP contribution is 2.18. The number of likely N-dealkylation sites (tertiary alicyclic amines) is 1. The smallest absolute Gasteiger partial charge is 0.282 e. The average molecular weight is 348 g/mol. The normalized spacial score (nSPS) is 15.8. The fourth-order valence-corrected chi connectivity index (χ4v) is 2.89. The third kappa shape index (κ3) is 5.53. The van der Waals surface area contributed by atoms with Crippen molar-refractivity contribution in [3.05, 3.63) is 39.9 Å². The Hall–Kier alpha value is -2.48. The second kappa shape index (κ2) is 8.57. The first-order valence-corrected chi connectivity index (χ1v) is 8.43. The van der Waals surface area contributed by atoms with Crippen LogP contribution in [0.15, 0.2) is 24.3 Å². The topological polar surface area (TPSA) is 105 Å². The first kappa shape index (κ1) is 18.9. The van der Waals surface area contributed by atoms with Crippen molar-refractivity contribution in [2.75, 3.05) is 19.6 Å². The second-order valence-electron chi connectivity index (χ2n) is 6.52. The number of hydrogen-bond acceptors (Lipinski definition) is 5. The third-order valence-corrected chi connectivity index (χ3v) is 4.09. The molecule has 2 rings (SSSR count). The Labute approximate surface area is 146 Å². The van der Waals surface area contributed by atoms with Crippen LogP contribution in [0.1, 0.15) is 37.0 Å². The summed E-state index contributed by atoms with van der Waals surface area (Å²) >= 11 is 0. The first-order chi connectivity index (χ1) is 11.9. The van der Waals surface area contributed by atoms with Crippen molar-refractivity contribution in [1.82, 2.24) is 15.5 Å². The van der Waals surface area contributed by atoms with E-state index >= 15 is 0 Å². The molecular formula is C17H24N4O4. The van der Waals surface area contributed by atoms with Crippen molar-refractivity contribution in [3.63, 3.8) is 0 Å². The highest BCUT2D eigenvalue weighted by molar-refractivity contribution is 5.98. The molecule has 0 spiro atoms. The van der Waals surface area contributed by atoms with Gasteiger partial charge >= 0.3 is 0 Å². The lowest BCUT2D eigenvalue weighted by molar-refractivity contribution is -0.385. The van der Waals surface area contributed by atoms with Gasteiger partial charge in [0, 0.05) is 31.2 Å². The number of amides is 2. The summed E-state index contributed by atoms with van der Waals surface area (Å²) < 4.78 is 0. The molecule has 1 aliphatic rings. The number of nitrogens with one attached hydrogen (secondary N) is 2. The van der Waals surface area contributed by atoms with Crippen LogP contribution in [0.3, 0.4) is 0 Å². The number of rotatable bonds is 6. The molecule has 1 aromatic rings. The molecular weight excluding hydrogens is 324 g/mol. The lowest BCUT2D eigenvalue weighted by Gasteiger charge is -2.32. The number of benzene rings is 1. The van der Waals surface area contributed by atoms with E-state index < -0.39 is 10.8 Å². The quantitative estimate of drug-likeness (QED) is 0.596. The van der Waals surface area contributed by atoms with Gasteiger partial charge < -0.3 is 10.6 Å². The van der Waals surface area contributed by atoms with E-state index in [4.69, 9.17) is 0 Å². The molecule has 1 aromatic carbocycles. The van der Waals surface area contributed by atoms with Crippen LogP contribution in [0.5, 0.6) is 0 Å². The van der Waals surface area contributed by atoms with Crippen LogP contribution in [0.2, 0.25) is 0 Å². The van der Waals surface area contributed by atoms with E-state index in [1.807, 2.05) is 18.7 Å². The summed E-state index contributed by atoms with van der Waals surface area (Å²) in [5.74, 6) is -0.430. The molecule has 136 valence electrons. The molecule has 0 saturated carbocycles. The Morgan fingerprint density at radius 3 is 2.52 bits per heavy atom. The number of piperidine rings is 1. The number of carbonyl (C=O) groups is 2. The molecule has 25 heavy (non-hydrogen) atoms. The Bertz CT molecular complexity index is 639. The Morgan fingerprint density at radius 1 is 1.28 bits per heavy atom. The zero-order valence-corrected chi connectivity index (χ0v) is 14.5. The van der Waals surface area contributed by atoms with Gasteiger partial charge in [0.05, 0.1) is 11.5 Å². The van der Waals surface area contributed by atoms with Crippen LogP contribution >= 0.6 is 0 Å². The summed E-state index contributed by atoms with van der Waals surface area (Å²) in [6, 6.07) is 6.00. The van der Waals surface area contributed by atoms with E-state index in [-0.39, 0.29) is 29.2 Å². The lowest BCUT2D eigenvalue weighted by atomic mass is 10.0. The molecule has 2 amide bonds. The van der Waals surface area contributed by atoms with Gasteiger partial charge in [-0.05, 0) is 32.8 Å². The molecule has 1 saturated heterocycles. The molecule has 0 atom stereocenters. The van der Waals surface area contributed by atoms with Crippen LogP contribution in [-0.4, -0.2) is 53.4 Å². The predicted octanol–water partition coefficient (Wildman–Crippen LogP) is 1.31. The molecule has 0 aromatic heterocycles. The zero-order chi connectivity index (χ0) is 18.4. The fourth-order valence-electron chi connectivity index (χ4n) is 2.89. The van der Waals surface area contributed by atoms with Crippen LogP contribution < -0.4 is 10.6 Å². The minimum Gasteiger partial charge on any atom is -0.353 e. The molecule has 2 N–H and O–H groups in total. The Kier molecular flexibility index (Phi) is 6.46. The average Bonchev–Trinajstić information content (AvgIpc) is 2.55. The molecule has 1 aliphatic heterocycles. The van der Waals surface area contributed by atoms with Gasteiger partial charge in [-0.25, -0.2) is 0 Å².